The number of ketones is 1. The van der Waals surface area contributed by atoms with Crippen LogP contribution in [0.15, 0.2) is 35.6 Å². The molecule has 29 heavy (non-hydrogen) atoms. The van der Waals surface area contributed by atoms with Gasteiger partial charge in [-0.3, -0.25) is 14.8 Å². The molecular formula is C22H23FN4OS. The maximum absolute atomic E-state index is 14.5. The zero-order chi connectivity index (χ0) is 20.9. The summed E-state index contributed by atoms with van der Waals surface area (Å²) in [4.78, 5) is 25.6. The second-order valence-corrected chi connectivity index (χ2v) is 8.17. The molecule has 0 spiro atoms. The molecule has 3 rings (SSSR count). The van der Waals surface area contributed by atoms with Crippen molar-refractivity contribution in [3.05, 3.63) is 58.9 Å². The molecule has 2 heterocycles. The summed E-state index contributed by atoms with van der Waals surface area (Å²) in [7, 11) is 0. The average Bonchev–Trinajstić information content (AvgIpc) is 2.70. The number of aromatic nitrogens is 2. The highest BCUT2D eigenvalue weighted by Crippen LogP contribution is 2.36. The molecule has 2 aromatic rings. The van der Waals surface area contributed by atoms with Crippen molar-refractivity contribution in [1.29, 1.82) is 0 Å². The fourth-order valence-corrected chi connectivity index (χ4v) is 4.17. The van der Waals surface area contributed by atoms with Crippen molar-refractivity contribution >= 4 is 22.7 Å². The largest absolute Gasteiger partial charge is 0.379 e. The molecule has 1 aliphatic heterocycles. The van der Waals surface area contributed by atoms with E-state index in [1.54, 1.807) is 25.3 Å². The summed E-state index contributed by atoms with van der Waals surface area (Å²) in [5, 5.41) is 0.458. The Morgan fingerprint density at radius 2 is 2.17 bits per heavy atom. The van der Waals surface area contributed by atoms with Gasteiger partial charge >= 0.3 is 0 Å². The van der Waals surface area contributed by atoms with Crippen LogP contribution in [0.3, 0.4) is 0 Å². The molecule has 5 nitrogen and oxygen atoms in total. The first-order valence-corrected chi connectivity index (χ1v) is 10.4. The molecule has 0 aliphatic carbocycles. The normalized spacial score (nSPS) is 18.5. The minimum absolute atomic E-state index is 0.118. The fourth-order valence-electron chi connectivity index (χ4n) is 3.20. The summed E-state index contributed by atoms with van der Waals surface area (Å²) in [6, 6.07) is 4.72. The number of rotatable bonds is 6. The van der Waals surface area contributed by atoms with Gasteiger partial charge in [0.25, 0.3) is 0 Å². The van der Waals surface area contributed by atoms with Gasteiger partial charge in [-0.15, -0.1) is 11.8 Å². The van der Waals surface area contributed by atoms with Gasteiger partial charge in [-0.1, -0.05) is 17.8 Å². The summed E-state index contributed by atoms with van der Waals surface area (Å²) in [6.45, 7) is 3.67. The van der Waals surface area contributed by atoms with E-state index in [0.29, 0.717) is 41.3 Å². The number of halogens is 1. The minimum Gasteiger partial charge on any atom is -0.379 e. The van der Waals surface area contributed by atoms with Gasteiger partial charge in [0.15, 0.2) is 11.0 Å². The van der Waals surface area contributed by atoms with E-state index < -0.39 is 5.54 Å². The molecule has 1 atom stereocenters. The lowest BCUT2D eigenvalue weighted by Gasteiger charge is -2.30. The standard InChI is InChI=1S/C22H23FN4OS/c1-3-4-5-6-16-13-26-19(14-25-16)20(28)12-15-7-8-18(23)17(11-15)22(2)9-10-29-21(24)27-22/h7-8,11,13-14H,5-6,9-10,12H2,1-2H3,(H2,24,27)/t22-/m0/s1. The second-order valence-electron chi connectivity index (χ2n) is 7.06. The molecule has 7 heteroatoms. The van der Waals surface area contributed by atoms with Gasteiger partial charge in [0, 0.05) is 36.8 Å². The Hall–Kier alpha value is -2.72. The quantitative estimate of drug-likeness (QED) is 0.581. The molecule has 1 aliphatic rings. The molecule has 0 saturated heterocycles. The van der Waals surface area contributed by atoms with Crippen molar-refractivity contribution in [2.45, 2.75) is 45.1 Å². The Labute approximate surface area is 174 Å². The van der Waals surface area contributed by atoms with Gasteiger partial charge in [0.2, 0.25) is 0 Å². The number of hydrogen-bond donors (Lipinski definition) is 1. The van der Waals surface area contributed by atoms with Crippen molar-refractivity contribution < 1.29 is 9.18 Å². The number of Topliss-reactive ketones (excluding diaryl/α,β-unsaturated/α-hetero) is 1. The van der Waals surface area contributed by atoms with Crippen LogP contribution in [0.4, 0.5) is 4.39 Å². The number of carbonyl (C=O) groups excluding carboxylic acids is 1. The smallest absolute Gasteiger partial charge is 0.187 e. The molecule has 1 aromatic carbocycles. The number of aryl methyl sites for hydroxylation is 1. The van der Waals surface area contributed by atoms with Crippen LogP contribution >= 0.6 is 11.8 Å². The summed E-state index contributed by atoms with van der Waals surface area (Å²) < 4.78 is 14.5. The molecule has 150 valence electrons. The Balaban J connectivity index is 1.75. The maximum atomic E-state index is 14.5. The van der Waals surface area contributed by atoms with Crippen LogP contribution in [0.5, 0.6) is 0 Å². The highest BCUT2D eigenvalue weighted by Gasteiger charge is 2.32. The lowest BCUT2D eigenvalue weighted by molar-refractivity contribution is 0.0987. The topological polar surface area (TPSA) is 81.2 Å². The SMILES string of the molecule is CC#CCCc1cnc(C(=O)Cc2ccc(F)c([C@]3(C)CCSC(N)=N3)c2)cn1. The Bertz CT molecular complexity index is 994. The maximum Gasteiger partial charge on any atom is 0.187 e. The summed E-state index contributed by atoms with van der Waals surface area (Å²) in [5.74, 6) is 6.08. The third-order valence-electron chi connectivity index (χ3n) is 4.85. The zero-order valence-corrected chi connectivity index (χ0v) is 17.4. The van der Waals surface area contributed by atoms with Gasteiger partial charge < -0.3 is 5.73 Å². The molecule has 0 amide bonds. The molecule has 2 N–H and O–H groups in total. The van der Waals surface area contributed by atoms with E-state index in [4.69, 9.17) is 5.73 Å². The van der Waals surface area contributed by atoms with Crippen molar-refractivity contribution in [3.63, 3.8) is 0 Å². The van der Waals surface area contributed by atoms with Crippen LogP contribution in [-0.4, -0.2) is 26.7 Å². The van der Waals surface area contributed by atoms with Gasteiger partial charge in [0.1, 0.15) is 11.5 Å². The van der Waals surface area contributed by atoms with Gasteiger partial charge in [-0.2, -0.15) is 0 Å². The Morgan fingerprint density at radius 1 is 1.34 bits per heavy atom. The summed E-state index contributed by atoms with van der Waals surface area (Å²) >= 11 is 1.47. The van der Waals surface area contributed by atoms with E-state index >= 15 is 0 Å². The van der Waals surface area contributed by atoms with Crippen molar-refractivity contribution in [2.75, 3.05) is 5.75 Å². The Kier molecular flexibility index (Phi) is 6.65. The van der Waals surface area contributed by atoms with E-state index in [2.05, 4.69) is 26.8 Å². The minimum atomic E-state index is -0.721. The van der Waals surface area contributed by atoms with Crippen LogP contribution in [0, 0.1) is 17.7 Å². The van der Waals surface area contributed by atoms with Crippen LogP contribution in [0.1, 0.15) is 54.0 Å². The lowest BCUT2D eigenvalue weighted by Crippen LogP contribution is -2.29. The van der Waals surface area contributed by atoms with Gasteiger partial charge in [0.05, 0.1) is 17.4 Å². The monoisotopic (exact) mass is 410 g/mol. The number of amidine groups is 1. The third kappa shape index (κ3) is 5.21. The van der Waals surface area contributed by atoms with E-state index in [1.807, 2.05) is 6.92 Å². The van der Waals surface area contributed by atoms with E-state index in [1.165, 1.54) is 24.0 Å². The van der Waals surface area contributed by atoms with Crippen molar-refractivity contribution in [3.8, 4) is 11.8 Å². The van der Waals surface area contributed by atoms with Crippen LogP contribution < -0.4 is 5.73 Å². The predicted molar refractivity (Wildman–Crippen MR) is 114 cm³/mol. The van der Waals surface area contributed by atoms with E-state index in [0.717, 1.165) is 11.4 Å². The Morgan fingerprint density at radius 3 is 2.86 bits per heavy atom. The first-order chi connectivity index (χ1) is 13.9. The number of benzene rings is 1. The highest BCUT2D eigenvalue weighted by molar-refractivity contribution is 8.13. The lowest BCUT2D eigenvalue weighted by atomic mass is 9.87. The van der Waals surface area contributed by atoms with Gasteiger partial charge in [-0.05, 0) is 38.0 Å². The average molecular weight is 411 g/mol. The molecule has 0 fully saturated rings. The van der Waals surface area contributed by atoms with Gasteiger partial charge in [-0.25, -0.2) is 9.37 Å². The first kappa shape index (κ1) is 21.0. The summed E-state index contributed by atoms with van der Waals surface area (Å²) in [6.07, 6.45) is 5.31. The molecule has 0 unspecified atom stereocenters. The van der Waals surface area contributed by atoms with Crippen molar-refractivity contribution in [1.82, 2.24) is 9.97 Å². The van der Waals surface area contributed by atoms with Crippen LogP contribution in [0.25, 0.3) is 0 Å². The number of nitrogens with zero attached hydrogens (tertiary/aromatic N) is 3. The van der Waals surface area contributed by atoms with Crippen molar-refractivity contribution in [2.24, 2.45) is 10.7 Å². The second kappa shape index (κ2) is 9.19. The molecular weight excluding hydrogens is 387 g/mol. The van der Waals surface area contributed by atoms with E-state index in [-0.39, 0.29) is 18.0 Å². The number of thioether (sulfide) groups is 1. The summed E-state index contributed by atoms with van der Waals surface area (Å²) in [5.41, 5.74) is 7.40. The number of nitrogens with two attached hydrogens (primary N) is 1. The highest BCUT2D eigenvalue weighted by atomic mass is 32.2. The third-order valence-corrected chi connectivity index (χ3v) is 5.64. The van der Waals surface area contributed by atoms with E-state index in [9.17, 15) is 9.18 Å². The first-order valence-electron chi connectivity index (χ1n) is 9.42. The predicted octanol–water partition coefficient (Wildman–Crippen LogP) is 3.66. The number of carbonyl (C=O) groups is 1. The fraction of sp³-hybridized carbons (Fsp3) is 0.364. The van der Waals surface area contributed by atoms with Crippen LogP contribution in [-0.2, 0) is 18.4 Å². The van der Waals surface area contributed by atoms with Crippen LogP contribution in [0.2, 0.25) is 0 Å². The zero-order valence-electron chi connectivity index (χ0n) is 16.5. The molecule has 1 aromatic heterocycles. The number of hydrogen-bond acceptors (Lipinski definition) is 6. The number of aliphatic imine (C=N–C) groups is 1. The molecule has 0 saturated carbocycles. The molecule has 0 bridgehead atoms. The molecule has 0 radical (unpaired) electrons.